The quantitative estimate of drug-likeness (QED) is 0.0371. The van der Waals surface area contributed by atoms with E-state index in [-0.39, 0.29) is 13.2 Å². The van der Waals surface area contributed by atoms with Crippen molar-refractivity contribution < 1.29 is 19.7 Å². The molecular weight excluding hydrogens is 1490 g/mol. The molecule has 0 radical (unpaired) electrons. The van der Waals surface area contributed by atoms with Gasteiger partial charge < -0.3 is 39.3 Å². The minimum atomic E-state index is 0.212. The Labute approximate surface area is 727 Å². The van der Waals surface area contributed by atoms with Gasteiger partial charge in [0.1, 0.15) is 0 Å². The summed E-state index contributed by atoms with van der Waals surface area (Å²) in [7, 11) is 0. The van der Waals surface area contributed by atoms with E-state index in [0.717, 1.165) is 170 Å². The molecule has 0 aliphatic rings. The highest BCUT2D eigenvalue weighted by Gasteiger charge is 2.20. The van der Waals surface area contributed by atoms with E-state index in [9.17, 15) is 10.2 Å². The van der Waals surface area contributed by atoms with Gasteiger partial charge in [-0.1, -0.05) is 195 Å². The second-order valence-electron chi connectivity index (χ2n) is 32.6. The van der Waals surface area contributed by atoms with E-state index in [1.54, 1.807) is 0 Å². The van der Waals surface area contributed by atoms with Gasteiger partial charge in [-0.15, -0.1) is 0 Å². The van der Waals surface area contributed by atoms with Crippen molar-refractivity contribution in [2.75, 3.05) is 46.0 Å². The molecule has 0 aliphatic carbocycles. The molecule has 0 bridgehead atoms. The predicted octanol–water partition coefficient (Wildman–Crippen LogP) is 28.7. The third kappa shape index (κ3) is 24.0. The highest BCUT2D eigenvalue weighted by molar-refractivity contribution is 5.81. The standard InChI is InChI=1S/C66H68N2O2.C48H52N2O2/c1-7-53-15-21-59(22-16-53)47-69-43-9-11-55-25-35-61(36-26-55)67(65-33-13-49(3)51(5)45-65)63-39-29-57(30-40-63)19-20-58-31-41-64(42-32-58)68(66-34-14-50(4)52(6)46-66)62-37-27-56(28-38-62)12-10-44-70-48-60-23-17-54(8-2)18-24-60;1-35-9-21-47(33-37(35)3)49(43-23-13-39(14-24-43)7-5-31-51)45-27-17-41(18-28-45)11-12-42-19-29-46(30-20-42)50(48-22-10-36(2)38(4)34-48)44-25-15-40(16-26-44)8-6-32-52/h7-8,13-18,21-42,45-46H,1-2,9-12,19-20,43-44,47-48H2,3-6H3;9-10,13-30,33-34,51-52H,5-8,11-12,31-32H2,1-4H3. The fourth-order valence-electron chi connectivity index (χ4n) is 15.5. The highest BCUT2D eigenvalue weighted by Crippen LogP contribution is 2.42. The molecule has 0 atom stereocenters. The normalized spacial score (nSPS) is 11.1. The molecule has 8 nitrogen and oxygen atoms in total. The Bertz CT molecular complexity index is 5290. The number of nitrogens with zero attached hydrogens (tertiary/aromatic N) is 4. The number of ether oxygens (including phenoxy) is 2. The van der Waals surface area contributed by atoms with Crippen LogP contribution in [0.3, 0.4) is 0 Å². The molecule has 0 fully saturated rings. The van der Waals surface area contributed by atoms with Gasteiger partial charge in [0.2, 0.25) is 0 Å². The molecule has 0 amide bonds. The van der Waals surface area contributed by atoms with Gasteiger partial charge in [0.05, 0.1) is 13.2 Å². The lowest BCUT2D eigenvalue weighted by Gasteiger charge is -2.27. The first-order valence-corrected chi connectivity index (χ1v) is 43.6. The number of aliphatic hydroxyl groups excluding tert-OH is 2. The first kappa shape index (κ1) is 87.4. The number of rotatable bonds is 38. The molecule has 620 valence electrons. The largest absolute Gasteiger partial charge is 0.396 e. The van der Waals surface area contributed by atoms with Gasteiger partial charge in [0, 0.05) is 94.7 Å². The molecule has 0 saturated carbocycles. The first-order chi connectivity index (χ1) is 59.5. The number of hydrogen-bond donors (Lipinski definition) is 2. The molecule has 0 aromatic heterocycles. The zero-order chi connectivity index (χ0) is 85.1. The van der Waals surface area contributed by atoms with Crippen molar-refractivity contribution in [3.8, 4) is 0 Å². The van der Waals surface area contributed by atoms with Gasteiger partial charge >= 0.3 is 0 Å². The maximum absolute atomic E-state index is 9.28. The zero-order valence-corrected chi connectivity index (χ0v) is 72.8. The summed E-state index contributed by atoms with van der Waals surface area (Å²) in [5, 5.41) is 18.6. The van der Waals surface area contributed by atoms with Crippen molar-refractivity contribution in [2.45, 2.75) is 146 Å². The molecule has 0 heterocycles. The zero-order valence-electron chi connectivity index (χ0n) is 72.8. The van der Waals surface area contributed by atoms with E-state index < -0.39 is 0 Å². The maximum atomic E-state index is 9.28. The smallest absolute Gasteiger partial charge is 0.0716 e. The SMILES string of the molecule is C=Cc1ccc(COCCCc2ccc(N(c3ccc(CCc4ccc(N(c5ccc(CCCOCc6ccc(C=C)cc6)cc5)c5ccc(C)c(C)c5)cc4)cc3)c3ccc(C)c(C)c3)cc2)cc1.Cc1ccc(N(c2ccc(CCCO)cc2)c2ccc(CCc3ccc(N(c4ccc(CCCO)cc4)c4ccc(C)c(C)c4)cc3)cc2)cc1C. The number of aryl methyl sites for hydroxylation is 16. The molecular formula is C114H120N4O4. The monoisotopic (exact) mass is 1610 g/mol. The number of hydrogen-bond acceptors (Lipinski definition) is 8. The summed E-state index contributed by atoms with van der Waals surface area (Å²) in [6.45, 7) is 28.2. The molecule has 14 rings (SSSR count). The summed E-state index contributed by atoms with van der Waals surface area (Å²) in [4.78, 5) is 9.40. The van der Waals surface area contributed by atoms with Crippen LogP contribution in [-0.4, -0.2) is 36.6 Å². The summed E-state index contributed by atoms with van der Waals surface area (Å²) in [6, 6.07) is 115. The third-order valence-electron chi connectivity index (χ3n) is 23.7. The minimum Gasteiger partial charge on any atom is -0.396 e. The Hall–Kier alpha value is -12.4. The van der Waals surface area contributed by atoms with E-state index in [1.165, 1.54) is 100 Å². The molecule has 122 heavy (non-hydrogen) atoms. The molecule has 0 spiro atoms. The van der Waals surface area contributed by atoms with Crippen molar-refractivity contribution in [2.24, 2.45) is 0 Å². The summed E-state index contributed by atoms with van der Waals surface area (Å²) in [6.07, 6.45) is 14.8. The Morgan fingerprint density at radius 3 is 0.582 bits per heavy atom. The lowest BCUT2D eigenvalue weighted by molar-refractivity contribution is 0.118. The van der Waals surface area contributed by atoms with Crippen LogP contribution >= 0.6 is 0 Å². The van der Waals surface area contributed by atoms with Crippen LogP contribution in [-0.2, 0) is 74.1 Å². The van der Waals surface area contributed by atoms with Gasteiger partial charge in [-0.2, -0.15) is 0 Å². The third-order valence-corrected chi connectivity index (χ3v) is 23.7. The molecule has 2 N–H and O–H groups in total. The van der Waals surface area contributed by atoms with Crippen molar-refractivity contribution in [3.63, 3.8) is 0 Å². The fourth-order valence-corrected chi connectivity index (χ4v) is 15.5. The summed E-state index contributed by atoms with van der Waals surface area (Å²) < 4.78 is 12.0. The van der Waals surface area contributed by atoms with Crippen LogP contribution in [0, 0.1) is 55.4 Å². The van der Waals surface area contributed by atoms with Crippen molar-refractivity contribution in [1.82, 2.24) is 0 Å². The van der Waals surface area contributed by atoms with Crippen LogP contribution in [0.2, 0.25) is 0 Å². The van der Waals surface area contributed by atoms with Crippen molar-refractivity contribution >= 4 is 80.4 Å². The van der Waals surface area contributed by atoms with E-state index in [0.29, 0.717) is 13.2 Å². The van der Waals surface area contributed by atoms with Gasteiger partial charge in [-0.25, -0.2) is 0 Å². The Morgan fingerprint density at radius 1 is 0.213 bits per heavy atom. The van der Waals surface area contributed by atoms with Gasteiger partial charge in [0.15, 0.2) is 0 Å². The van der Waals surface area contributed by atoms with Crippen LogP contribution in [0.25, 0.3) is 12.2 Å². The highest BCUT2D eigenvalue weighted by atomic mass is 16.5. The van der Waals surface area contributed by atoms with E-state index in [2.05, 4.69) is 404 Å². The van der Waals surface area contributed by atoms with Gasteiger partial charge in [-0.3, -0.25) is 0 Å². The minimum absolute atomic E-state index is 0.212. The molecule has 0 aliphatic heterocycles. The van der Waals surface area contributed by atoms with E-state index >= 15 is 0 Å². The summed E-state index contributed by atoms with van der Waals surface area (Å²) in [5.41, 5.74) is 39.0. The second kappa shape index (κ2) is 43.7. The second-order valence-corrected chi connectivity index (χ2v) is 32.6. The van der Waals surface area contributed by atoms with Crippen molar-refractivity contribution in [3.05, 3.63) is 440 Å². The Morgan fingerprint density at radius 2 is 0.393 bits per heavy atom. The number of aliphatic hydroxyl groups is 2. The fraction of sp³-hybridized carbons (Fsp3) is 0.228. The average molecular weight is 1610 g/mol. The van der Waals surface area contributed by atoms with E-state index in [4.69, 9.17) is 9.47 Å². The molecule has 14 aromatic rings. The van der Waals surface area contributed by atoms with Crippen LogP contribution < -0.4 is 19.6 Å². The summed E-state index contributed by atoms with van der Waals surface area (Å²) in [5.74, 6) is 0. The molecule has 8 heteroatoms. The molecule has 0 unspecified atom stereocenters. The van der Waals surface area contributed by atoms with Gasteiger partial charge in [-0.05, 0) is 389 Å². The summed E-state index contributed by atoms with van der Waals surface area (Å²) >= 11 is 0. The maximum Gasteiger partial charge on any atom is 0.0716 e. The molecule has 14 aromatic carbocycles. The van der Waals surface area contributed by atoms with Crippen LogP contribution in [0.5, 0.6) is 0 Å². The molecule has 0 saturated heterocycles. The van der Waals surface area contributed by atoms with Gasteiger partial charge in [0.25, 0.3) is 0 Å². The predicted molar refractivity (Wildman–Crippen MR) is 517 cm³/mol. The number of benzene rings is 14. The lowest BCUT2D eigenvalue weighted by atomic mass is 10.0. The Kier molecular flexibility index (Phi) is 31.3. The average Bonchev–Trinajstić information content (AvgIpc) is 0.809. The topological polar surface area (TPSA) is 71.9 Å². The van der Waals surface area contributed by atoms with Crippen LogP contribution in [0.15, 0.2) is 329 Å². The lowest BCUT2D eigenvalue weighted by Crippen LogP contribution is -2.11. The Balaban J connectivity index is 0.000000220. The van der Waals surface area contributed by atoms with Crippen molar-refractivity contribution in [1.29, 1.82) is 0 Å². The number of anilines is 12. The van der Waals surface area contributed by atoms with Crippen LogP contribution in [0.4, 0.5) is 68.2 Å². The van der Waals surface area contributed by atoms with E-state index in [1.807, 2.05) is 12.2 Å². The van der Waals surface area contributed by atoms with Crippen LogP contribution in [0.1, 0.15) is 137 Å². The first-order valence-electron chi connectivity index (χ1n) is 43.6.